The number of rotatable bonds is 7. The van der Waals surface area contributed by atoms with Gasteiger partial charge in [0.1, 0.15) is 21.6 Å². The monoisotopic (exact) mass is 688 g/mol. The van der Waals surface area contributed by atoms with E-state index in [1.165, 1.54) is 30.6 Å². The number of halogens is 1. The van der Waals surface area contributed by atoms with Gasteiger partial charge in [-0.1, -0.05) is 35.1 Å². The van der Waals surface area contributed by atoms with Crippen LogP contribution in [0.5, 0.6) is 11.5 Å². The molecule has 5 rings (SSSR count). The fourth-order valence-electron chi connectivity index (χ4n) is 3.40. The van der Waals surface area contributed by atoms with Crippen LogP contribution in [0, 0.1) is 14.1 Å². The lowest BCUT2D eigenvalue weighted by atomic mass is 10.2. The van der Waals surface area contributed by atoms with E-state index in [-0.39, 0.29) is 32.0 Å². The first-order chi connectivity index (χ1) is 19.1. The predicted molar refractivity (Wildman–Crippen MR) is 150 cm³/mol. The molecule has 0 unspecified atom stereocenters. The largest absolute Gasteiger partial charge is 0.744 e. The number of carbonyl (C=O) groups excluding carboxylic acids is 1. The number of thiazole rings is 1. The average molecular weight is 689 g/mol. The molecular formula is C29H25IN2O6S2. The molecule has 40 heavy (non-hydrogen) atoms. The molecule has 1 amide bonds. The standard InChI is InChI=1S/C22H17IN2O3S.C7H8O3S/c1-27-17-5-3-4-16(12-17)23-15-8-6-14(7-9-15)21(26)25-22-24-19-11-10-18(28-2)13-20(19)29-22;1-6-2-4-7(5-3-6)11(8,9)10/h3-13H,1-2H3;2-5H,1H3,(H,8,9,10). The summed E-state index contributed by atoms with van der Waals surface area (Å²) in [6.07, 6.45) is 0. The van der Waals surface area contributed by atoms with Crippen LogP contribution in [0.1, 0.15) is 15.9 Å². The summed E-state index contributed by atoms with van der Waals surface area (Å²) < 4.78 is 45.2. The number of anilines is 1. The van der Waals surface area contributed by atoms with Crippen LogP contribution in [0.15, 0.2) is 95.9 Å². The Morgan fingerprint density at radius 1 is 0.875 bits per heavy atom. The minimum Gasteiger partial charge on any atom is -0.744 e. The molecule has 206 valence electrons. The third kappa shape index (κ3) is 8.01. The van der Waals surface area contributed by atoms with Crippen LogP contribution in [0.2, 0.25) is 0 Å². The maximum atomic E-state index is 12.6. The van der Waals surface area contributed by atoms with E-state index in [1.54, 1.807) is 26.4 Å². The van der Waals surface area contributed by atoms with E-state index in [0.717, 1.165) is 27.3 Å². The fraction of sp³-hybridized carbons (Fsp3) is 0.103. The first-order valence-corrected chi connectivity index (χ1v) is 16.2. The molecule has 11 heteroatoms. The summed E-state index contributed by atoms with van der Waals surface area (Å²) in [6, 6.07) is 27.3. The summed E-state index contributed by atoms with van der Waals surface area (Å²) in [5.74, 6) is 1.47. The Balaban J connectivity index is 0.000000283. The summed E-state index contributed by atoms with van der Waals surface area (Å²) in [4.78, 5) is 16.9. The van der Waals surface area contributed by atoms with Crippen molar-refractivity contribution in [3.05, 3.63) is 109 Å². The van der Waals surface area contributed by atoms with Gasteiger partial charge in [-0.15, -0.1) is 0 Å². The number of fused-ring (bicyclic) bond motifs is 1. The van der Waals surface area contributed by atoms with Crippen LogP contribution < -0.4 is 36.0 Å². The highest BCUT2D eigenvalue weighted by molar-refractivity contribution is 7.85. The molecule has 0 radical (unpaired) electrons. The normalized spacial score (nSPS) is 10.9. The zero-order valence-electron chi connectivity index (χ0n) is 21.8. The molecule has 0 aliphatic heterocycles. The van der Waals surface area contributed by atoms with E-state index < -0.39 is 10.1 Å². The van der Waals surface area contributed by atoms with Gasteiger partial charge in [0, 0.05) is 11.6 Å². The number of nitrogens with one attached hydrogen (secondary N) is 1. The molecular weight excluding hydrogens is 663 g/mol. The van der Waals surface area contributed by atoms with Crippen molar-refractivity contribution >= 4 is 42.7 Å². The molecule has 0 bridgehead atoms. The number of carbonyl (C=O) groups is 1. The van der Waals surface area contributed by atoms with Crippen LogP contribution in [0.25, 0.3) is 10.2 Å². The van der Waals surface area contributed by atoms with E-state index in [9.17, 15) is 17.8 Å². The van der Waals surface area contributed by atoms with Crippen molar-refractivity contribution in [1.29, 1.82) is 0 Å². The molecule has 5 aromatic rings. The smallest absolute Gasteiger partial charge is 0.358 e. The summed E-state index contributed by atoms with van der Waals surface area (Å²) in [7, 11) is -0.966. The first-order valence-electron chi connectivity index (χ1n) is 11.8. The molecule has 0 saturated carbocycles. The number of ether oxygens (including phenoxy) is 2. The van der Waals surface area contributed by atoms with Gasteiger partial charge in [-0.2, -0.15) is 0 Å². The van der Waals surface area contributed by atoms with Crippen LogP contribution >= 0.6 is 11.3 Å². The Bertz CT molecular complexity index is 1720. The Morgan fingerprint density at radius 2 is 1.55 bits per heavy atom. The number of methoxy groups -OCH3 is 2. The number of benzene rings is 4. The highest BCUT2D eigenvalue weighted by Crippen LogP contribution is 2.29. The van der Waals surface area contributed by atoms with Crippen molar-refractivity contribution < 1.29 is 48.4 Å². The molecule has 1 heterocycles. The molecule has 1 aromatic heterocycles. The molecule has 0 saturated heterocycles. The molecule has 0 atom stereocenters. The number of amides is 1. The van der Waals surface area contributed by atoms with Crippen molar-refractivity contribution in [2.75, 3.05) is 19.5 Å². The first kappa shape index (κ1) is 29.5. The Labute approximate surface area is 247 Å². The van der Waals surface area contributed by atoms with E-state index in [1.807, 2.05) is 61.5 Å². The van der Waals surface area contributed by atoms with Crippen LogP contribution in [-0.2, 0) is 10.1 Å². The van der Waals surface area contributed by atoms with Gasteiger partial charge in [-0.05, 0) is 73.7 Å². The minimum absolute atomic E-state index is 0.165. The SMILES string of the molecule is COc1cccc([I+]c2ccc(C(=O)Nc3nc4ccc(OC)cc4s3)cc2)c1.Cc1ccc(S(=O)(=O)[O-])cc1. The molecule has 0 aliphatic rings. The number of aryl methyl sites for hydroxylation is 1. The highest BCUT2D eigenvalue weighted by atomic mass is 127. The van der Waals surface area contributed by atoms with Crippen LogP contribution in [-0.4, -0.2) is 38.1 Å². The average Bonchev–Trinajstić information content (AvgIpc) is 3.35. The maximum absolute atomic E-state index is 12.6. The van der Waals surface area contributed by atoms with Gasteiger partial charge in [0.25, 0.3) is 5.91 Å². The summed E-state index contributed by atoms with van der Waals surface area (Å²) in [6.45, 7) is 1.82. The summed E-state index contributed by atoms with van der Waals surface area (Å²) >= 11 is 1.10. The molecule has 0 fully saturated rings. The second-order valence-corrected chi connectivity index (χ2v) is 13.8. The zero-order valence-corrected chi connectivity index (χ0v) is 25.5. The van der Waals surface area contributed by atoms with Gasteiger partial charge in [0.05, 0.1) is 29.3 Å². The quantitative estimate of drug-likeness (QED) is 0.207. The van der Waals surface area contributed by atoms with Gasteiger partial charge < -0.3 is 14.0 Å². The number of hydrogen-bond acceptors (Lipinski definition) is 8. The molecule has 8 nitrogen and oxygen atoms in total. The number of hydrogen-bond donors (Lipinski definition) is 1. The van der Waals surface area contributed by atoms with Crippen LogP contribution in [0.3, 0.4) is 0 Å². The van der Waals surface area contributed by atoms with E-state index in [0.29, 0.717) is 10.7 Å². The van der Waals surface area contributed by atoms with Gasteiger partial charge in [0.15, 0.2) is 12.3 Å². The predicted octanol–water partition coefficient (Wildman–Crippen LogP) is 2.59. The molecule has 4 aromatic carbocycles. The Hall–Kier alpha value is -3.52. The second kappa shape index (κ2) is 13.2. The van der Waals surface area contributed by atoms with Gasteiger partial charge in [-0.25, -0.2) is 13.4 Å². The van der Waals surface area contributed by atoms with E-state index >= 15 is 0 Å². The molecule has 1 N–H and O–H groups in total. The molecule has 0 spiro atoms. The third-order valence-electron chi connectivity index (χ3n) is 5.48. The lowest BCUT2D eigenvalue weighted by molar-refractivity contribution is -0.597. The second-order valence-electron chi connectivity index (χ2n) is 8.34. The van der Waals surface area contributed by atoms with Gasteiger partial charge in [0.2, 0.25) is 0 Å². The van der Waals surface area contributed by atoms with Gasteiger partial charge >= 0.3 is 21.2 Å². The van der Waals surface area contributed by atoms with Crippen molar-refractivity contribution in [1.82, 2.24) is 4.98 Å². The summed E-state index contributed by atoms with van der Waals surface area (Å²) in [5, 5.41) is 3.46. The number of nitrogens with zero attached hydrogens (tertiary/aromatic N) is 1. The molecule has 0 aliphatic carbocycles. The summed E-state index contributed by atoms with van der Waals surface area (Å²) in [5.41, 5.74) is 2.38. The third-order valence-corrected chi connectivity index (χ3v) is 9.90. The van der Waals surface area contributed by atoms with Gasteiger partial charge in [-0.3, -0.25) is 10.1 Å². The number of aromatic nitrogens is 1. The van der Waals surface area contributed by atoms with Crippen LogP contribution in [0.4, 0.5) is 5.13 Å². The van der Waals surface area contributed by atoms with Crippen molar-refractivity contribution in [2.24, 2.45) is 0 Å². The van der Waals surface area contributed by atoms with Crippen molar-refractivity contribution in [2.45, 2.75) is 11.8 Å². The maximum Gasteiger partial charge on any atom is 0.358 e. The van der Waals surface area contributed by atoms with E-state index in [4.69, 9.17) is 9.47 Å². The zero-order chi connectivity index (χ0) is 28.7. The topological polar surface area (TPSA) is 118 Å². The Kier molecular flexibility index (Phi) is 9.74. The lowest BCUT2D eigenvalue weighted by Crippen LogP contribution is -3.61. The van der Waals surface area contributed by atoms with E-state index in [2.05, 4.69) is 22.4 Å². The Morgan fingerprint density at radius 3 is 2.20 bits per heavy atom. The fourth-order valence-corrected chi connectivity index (χ4v) is 7.05. The lowest BCUT2D eigenvalue weighted by Gasteiger charge is -2.05. The minimum atomic E-state index is -4.27. The van der Waals surface area contributed by atoms with Crippen molar-refractivity contribution in [3.8, 4) is 11.5 Å². The van der Waals surface area contributed by atoms with Crippen molar-refractivity contribution in [3.63, 3.8) is 0 Å². The highest BCUT2D eigenvalue weighted by Gasteiger charge is 2.17.